The number of amides is 1. The Morgan fingerprint density at radius 3 is 2.00 bits per heavy atom. The molecule has 1 aromatic carbocycles. The van der Waals surface area contributed by atoms with Crippen molar-refractivity contribution in [3.05, 3.63) is 60.4 Å². The van der Waals surface area contributed by atoms with E-state index in [-0.39, 0.29) is 22.4 Å². The summed E-state index contributed by atoms with van der Waals surface area (Å²) in [5.74, 6) is -5.58. The van der Waals surface area contributed by atoms with E-state index in [0.717, 1.165) is 12.1 Å². The monoisotopic (exact) mass is 445 g/mol. The van der Waals surface area contributed by atoms with Crippen molar-refractivity contribution in [2.75, 3.05) is 5.43 Å². The van der Waals surface area contributed by atoms with Gasteiger partial charge in [0, 0.05) is 18.0 Å². The summed E-state index contributed by atoms with van der Waals surface area (Å²) < 4.78 is 91.0. The fraction of sp³-hybridized carbons (Fsp3) is 0.111. The number of alkyl halides is 6. The first-order chi connectivity index (χ1) is 14.5. The number of halogens is 7. The maximum Gasteiger partial charge on any atom is 0.472 e. The molecule has 0 fully saturated rings. The minimum atomic E-state index is -5.31. The topological polar surface area (TPSA) is 79.8 Å². The molecule has 0 saturated carbocycles. The number of hydrogen-bond donors (Lipinski definition) is 2. The van der Waals surface area contributed by atoms with Gasteiger partial charge in [0.2, 0.25) is 5.82 Å². The van der Waals surface area contributed by atoms with Crippen molar-refractivity contribution in [1.29, 1.82) is 0 Å². The van der Waals surface area contributed by atoms with E-state index in [4.69, 9.17) is 0 Å². The van der Waals surface area contributed by atoms with Crippen molar-refractivity contribution in [3.8, 4) is 22.4 Å². The number of anilines is 1. The molecule has 31 heavy (non-hydrogen) atoms. The van der Waals surface area contributed by atoms with Gasteiger partial charge >= 0.3 is 18.3 Å². The Morgan fingerprint density at radius 2 is 1.45 bits per heavy atom. The number of aromatic nitrogens is 3. The molecule has 6 nitrogen and oxygen atoms in total. The number of pyridine rings is 1. The molecular weight excluding hydrogens is 435 g/mol. The van der Waals surface area contributed by atoms with Crippen LogP contribution in [0.4, 0.5) is 36.6 Å². The van der Waals surface area contributed by atoms with Crippen LogP contribution in [0.1, 0.15) is 5.82 Å². The molecule has 13 heteroatoms. The van der Waals surface area contributed by atoms with E-state index < -0.39 is 35.7 Å². The molecule has 0 radical (unpaired) electrons. The highest BCUT2D eigenvalue weighted by Crippen LogP contribution is 2.38. The fourth-order valence-electron chi connectivity index (χ4n) is 2.47. The number of rotatable bonds is 4. The van der Waals surface area contributed by atoms with E-state index in [2.05, 4.69) is 15.0 Å². The Labute approximate surface area is 169 Å². The van der Waals surface area contributed by atoms with Gasteiger partial charge in [-0.3, -0.25) is 20.6 Å². The molecule has 0 bridgehead atoms. The van der Waals surface area contributed by atoms with Gasteiger partial charge in [-0.25, -0.2) is 14.4 Å². The Morgan fingerprint density at radius 1 is 0.839 bits per heavy atom. The van der Waals surface area contributed by atoms with Crippen LogP contribution < -0.4 is 10.9 Å². The van der Waals surface area contributed by atoms with Crippen molar-refractivity contribution in [2.45, 2.75) is 12.4 Å². The lowest BCUT2D eigenvalue weighted by atomic mass is 10.00. The molecule has 0 spiro atoms. The second kappa shape index (κ2) is 8.16. The highest BCUT2D eigenvalue weighted by molar-refractivity contribution is 5.89. The lowest BCUT2D eigenvalue weighted by molar-refractivity contribution is -0.173. The van der Waals surface area contributed by atoms with E-state index in [1.165, 1.54) is 42.1 Å². The third-order valence-corrected chi connectivity index (χ3v) is 3.80. The van der Waals surface area contributed by atoms with E-state index >= 15 is 0 Å². The largest absolute Gasteiger partial charge is 0.472 e. The zero-order valence-corrected chi connectivity index (χ0v) is 15.0. The molecule has 0 saturated heterocycles. The third-order valence-electron chi connectivity index (χ3n) is 3.80. The SMILES string of the molecule is O=C(NNc1nc(C(F)(F)F)nc(-c2ccncc2)c1-c1ccc(F)cc1)C(F)(F)F. The minimum absolute atomic E-state index is 0.0747. The van der Waals surface area contributed by atoms with Gasteiger partial charge in [0.05, 0.1) is 11.3 Å². The molecular formula is C18H10F7N5O. The second-order valence-electron chi connectivity index (χ2n) is 5.94. The molecule has 0 aliphatic carbocycles. The van der Waals surface area contributed by atoms with E-state index in [1.807, 2.05) is 0 Å². The molecule has 0 atom stereocenters. The molecule has 0 unspecified atom stereocenters. The summed E-state index contributed by atoms with van der Waals surface area (Å²) >= 11 is 0. The zero-order valence-electron chi connectivity index (χ0n) is 15.0. The number of benzene rings is 1. The van der Waals surface area contributed by atoms with Crippen LogP contribution in [-0.2, 0) is 11.0 Å². The maximum absolute atomic E-state index is 13.4. The maximum atomic E-state index is 13.4. The highest BCUT2D eigenvalue weighted by Gasteiger charge is 2.40. The lowest BCUT2D eigenvalue weighted by Gasteiger charge is -2.18. The predicted molar refractivity (Wildman–Crippen MR) is 93.5 cm³/mol. The third kappa shape index (κ3) is 5.05. The quantitative estimate of drug-likeness (QED) is 0.461. The molecule has 0 aliphatic heterocycles. The van der Waals surface area contributed by atoms with Crippen molar-refractivity contribution in [2.24, 2.45) is 0 Å². The average molecular weight is 445 g/mol. The number of hydrogen-bond acceptors (Lipinski definition) is 5. The number of hydrazine groups is 1. The van der Waals surface area contributed by atoms with Crippen LogP contribution in [0.3, 0.4) is 0 Å². The van der Waals surface area contributed by atoms with Gasteiger partial charge in [-0.1, -0.05) is 12.1 Å². The number of carbonyl (C=O) groups excluding carboxylic acids is 1. The van der Waals surface area contributed by atoms with Gasteiger partial charge in [0.25, 0.3) is 0 Å². The second-order valence-corrected chi connectivity index (χ2v) is 5.94. The van der Waals surface area contributed by atoms with Crippen LogP contribution in [0.2, 0.25) is 0 Å². The van der Waals surface area contributed by atoms with Crippen LogP contribution >= 0.6 is 0 Å². The van der Waals surface area contributed by atoms with Gasteiger partial charge in [-0.2, -0.15) is 26.3 Å². The summed E-state index contributed by atoms with van der Waals surface area (Å²) in [4.78, 5) is 21.7. The predicted octanol–water partition coefficient (Wildman–Crippen LogP) is 4.37. The summed E-state index contributed by atoms with van der Waals surface area (Å²) in [7, 11) is 0. The first kappa shape index (κ1) is 21.9. The van der Waals surface area contributed by atoms with Crippen LogP contribution in [0.25, 0.3) is 22.4 Å². The highest BCUT2D eigenvalue weighted by atomic mass is 19.4. The molecule has 0 aliphatic rings. The molecule has 2 heterocycles. The molecule has 3 rings (SSSR count). The van der Waals surface area contributed by atoms with Crippen molar-refractivity contribution >= 4 is 11.7 Å². The zero-order chi connectivity index (χ0) is 22.8. The Hall–Kier alpha value is -3.77. The molecule has 2 aromatic heterocycles. The average Bonchev–Trinajstić information content (AvgIpc) is 2.71. The van der Waals surface area contributed by atoms with Crippen molar-refractivity contribution < 1.29 is 35.5 Å². The summed E-state index contributed by atoms with van der Waals surface area (Å²) in [6.07, 6.45) is -7.85. The first-order valence-corrected chi connectivity index (χ1v) is 8.25. The summed E-state index contributed by atoms with van der Waals surface area (Å²) in [5, 5.41) is 0. The van der Waals surface area contributed by atoms with Gasteiger partial charge in [-0.05, 0) is 29.8 Å². The van der Waals surface area contributed by atoms with Gasteiger partial charge in [0.1, 0.15) is 5.82 Å². The molecule has 2 N–H and O–H groups in total. The first-order valence-electron chi connectivity index (χ1n) is 8.25. The van der Waals surface area contributed by atoms with Crippen LogP contribution in [0, 0.1) is 5.82 Å². The van der Waals surface area contributed by atoms with Crippen LogP contribution in [0.15, 0.2) is 48.8 Å². The smallest absolute Gasteiger partial charge is 0.281 e. The molecule has 3 aromatic rings. The fourth-order valence-corrected chi connectivity index (χ4v) is 2.47. The van der Waals surface area contributed by atoms with E-state index in [1.54, 1.807) is 5.43 Å². The van der Waals surface area contributed by atoms with Gasteiger partial charge < -0.3 is 0 Å². The van der Waals surface area contributed by atoms with Crippen molar-refractivity contribution in [1.82, 2.24) is 20.4 Å². The summed E-state index contributed by atoms with van der Waals surface area (Å²) in [6.45, 7) is 0. The Balaban J connectivity index is 2.24. The van der Waals surface area contributed by atoms with Crippen LogP contribution in [-0.4, -0.2) is 27.0 Å². The van der Waals surface area contributed by atoms with Crippen molar-refractivity contribution in [3.63, 3.8) is 0 Å². The lowest BCUT2D eigenvalue weighted by Crippen LogP contribution is -2.40. The van der Waals surface area contributed by atoms with E-state index in [0.29, 0.717) is 0 Å². The van der Waals surface area contributed by atoms with E-state index in [9.17, 15) is 35.5 Å². The summed E-state index contributed by atoms with van der Waals surface area (Å²) in [6, 6.07) is 6.94. The van der Waals surface area contributed by atoms with Gasteiger partial charge in [-0.15, -0.1) is 0 Å². The summed E-state index contributed by atoms with van der Waals surface area (Å²) in [5.41, 5.74) is 2.69. The minimum Gasteiger partial charge on any atom is -0.281 e. The normalized spacial score (nSPS) is 11.8. The number of nitrogens with zero attached hydrogens (tertiary/aromatic N) is 3. The number of nitrogens with one attached hydrogen (secondary N) is 2. The molecule has 162 valence electrons. The Kier molecular flexibility index (Phi) is 5.77. The van der Waals surface area contributed by atoms with Crippen LogP contribution in [0.5, 0.6) is 0 Å². The number of carbonyl (C=O) groups is 1. The van der Waals surface area contributed by atoms with Gasteiger partial charge in [0.15, 0.2) is 5.82 Å². The molecule has 1 amide bonds. The standard InChI is InChI=1S/C18H10F7N5O/c19-11-3-1-9(2-4-11)12-13(10-5-7-26-8-6-10)27-15(17(20,21)22)28-14(12)29-30-16(31)18(23,24)25/h1-8H,(H,30,31)(H,27,28,29). The Bertz CT molecular complexity index is 1080.